The first-order valence-corrected chi connectivity index (χ1v) is 9.80. The molecule has 0 amide bonds. The fourth-order valence-corrected chi connectivity index (χ4v) is 3.20. The van der Waals surface area contributed by atoms with Crippen molar-refractivity contribution in [2.24, 2.45) is 0 Å². The minimum atomic E-state index is -0.125. The van der Waals surface area contributed by atoms with Gasteiger partial charge in [-0.1, -0.05) is 56.7 Å². The second-order valence-corrected chi connectivity index (χ2v) is 7.07. The molecule has 142 valence electrons. The fourth-order valence-electron chi connectivity index (χ4n) is 3.20. The summed E-state index contributed by atoms with van der Waals surface area (Å²) in [5.41, 5.74) is 4.29. The lowest BCUT2D eigenvalue weighted by Gasteiger charge is -2.07. The minimum absolute atomic E-state index is 0.00147. The van der Waals surface area contributed by atoms with Crippen LogP contribution in [-0.2, 0) is 6.42 Å². The summed E-state index contributed by atoms with van der Waals surface area (Å²) in [6, 6.07) is 7.71. The van der Waals surface area contributed by atoms with Crippen LogP contribution in [0.4, 0.5) is 0 Å². The first-order valence-electron chi connectivity index (χ1n) is 9.80. The molecule has 0 aliphatic rings. The van der Waals surface area contributed by atoms with Gasteiger partial charge in [0.2, 0.25) is 0 Å². The Hall–Kier alpha value is -2.10. The smallest absolute Gasteiger partial charge is 0.284 e. The van der Waals surface area contributed by atoms with Crippen LogP contribution in [0, 0.1) is 20.8 Å². The Morgan fingerprint density at radius 3 is 2.35 bits per heavy atom. The van der Waals surface area contributed by atoms with E-state index in [1.165, 1.54) is 47.9 Å². The molecule has 1 aromatic heterocycles. The first kappa shape index (κ1) is 20.2. The summed E-state index contributed by atoms with van der Waals surface area (Å²) in [5, 5.41) is 4.45. The summed E-state index contributed by atoms with van der Waals surface area (Å²) < 4.78 is 7.12. The van der Waals surface area contributed by atoms with Crippen molar-refractivity contribution in [3.63, 3.8) is 0 Å². The molecule has 0 bridgehead atoms. The standard InChI is InChI=1S/C22H32N2O2/c1-5-6-7-8-9-10-11-21-18(3)23-24(19(21)4)22(25)16-26-20-14-12-17(2)13-15-20/h12-15H,5-11,16H2,1-4H3. The molecule has 1 heterocycles. The van der Waals surface area contributed by atoms with Crippen molar-refractivity contribution in [3.05, 3.63) is 46.8 Å². The third-order valence-electron chi connectivity index (χ3n) is 4.84. The van der Waals surface area contributed by atoms with Crippen LogP contribution in [0.3, 0.4) is 0 Å². The lowest BCUT2D eigenvalue weighted by atomic mass is 10.0. The van der Waals surface area contributed by atoms with Crippen molar-refractivity contribution in [3.8, 4) is 5.75 Å². The molecule has 0 spiro atoms. The van der Waals surface area contributed by atoms with E-state index in [0.717, 1.165) is 24.2 Å². The third kappa shape index (κ3) is 5.72. The fraction of sp³-hybridized carbons (Fsp3) is 0.545. The van der Waals surface area contributed by atoms with Gasteiger partial charge in [0.1, 0.15) is 5.75 Å². The van der Waals surface area contributed by atoms with Crippen LogP contribution in [0.15, 0.2) is 24.3 Å². The number of nitrogens with zero attached hydrogens (tertiary/aromatic N) is 2. The normalized spacial score (nSPS) is 10.9. The van der Waals surface area contributed by atoms with E-state index in [4.69, 9.17) is 4.74 Å². The zero-order chi connectivity index (χ0) is 18.9. The van der Waals surface area contributed by atoms with Gasteiger partial charge in [-0.25, -0.2) is 4.68 Å². The number of carbonyl (C=O) groups is 1. The Kier molecular flexibility index (Phi) is 7.89. The van der Waals surface area contributed by atoms with E-state index in [9.17, 15) is 4.79 Å². The van der Waals surface area contributed by atoms with Gasteiger partial charge >= 0.3 is 0 Å². The van der Waals surface area contributed by atoms with Gasteiger partial charge in [-0.2, -0.15) is 5.10 Å². The molecule has 0 saturated carbocycles. The SMILES string of the molecule is CCCCCCCCc1c(C)nn(C(=O)COc2ccc(C)cc2)c1C. The van der Waals surface area contributed by atoms with Crippen molar-refractivity contribution in [1.82, 2.24) is 9.78 Å². The number of carbonyl (C=O) groups excluding carboxylic acids is 1. The van der Waals surface area contributed by atoms with Crippen LogP contribution in [0.25, 0.3) is 0 Å². The molecule has 0 saturated heterocycles. The van der Waals surface area contributed by atoms with Gasteiger partial charge in [0, 0.05) is 5.69 Å². The predicted octanol–water partition coefficient (Wildman–Crippen LogP) is 5.43. The molecule has 2 rings (SSSR count). The Labute approximate surface area is 157 Å². The van der Waals surface area contributed by atoms with Crippen LogP contribution in [0.2, 0.25) is 0 Å². The number of rotatable bonds is 10. The van der Waals surface area contributed by atoms with E-state index >= 15 is 0 Å². The highest BCUT2D eigenvalue weighted by molar-refractivity contribution is 5.80. The average molecular weight is 357 g/mol. The molecule has 0 aliphatic heterocycles. The van der Waals surface area contributed by atoms with Gasteiger partial charge in [0.05, 0.1) is 5.69 Å². The van der Waals surface area contributed by atoms with E-state index in [1.807, 2.05) is 45.0 Å². The molecule has 0 atom stereocenters. The monoisotopic (exact) mass is 356 g/mol. The molecule has 1 aromatic carbocycles. The van der Waals surface area contributed by atoms with Crippen LogP contribution in [-0.4, -0.2) is 22.3 Å². The number of hydrogen-bond acceptors (Lipinski definition) is 3. The Morgan fingerprint density at radius 1 is 1.00 bits per heavy atom. The highest BCUT2D eigenvalue weighted by Crippen LogP contribution is 2.18. The molecule has 4 nitrogen and oxygen atoms in total. The minimum Gasteiger partial charge on any atom is -0.484 e. The van der Waals surface area contributed by atoms with Gasteiger partial charge in [-0.05, 0) is 51.3 Å². The average Bonchev–Trinajstić information content (AvgIpc) is 2.92. The second kappa shape index (κ2) is 10.1. The summed E-state index contributed by atoms with van der Waals surface area (Å²) in [6.07, 6.45) is 8.62. The number of benzene rings is 1. The predicted molar refractivity (Wildman–Crippen MR) is 106 cm³/mol. The number of ether oxygens (including phenoxy) is 1. The summed E-state index contributed by atoms with van der Waals surface area (Å²) in [7, 11) is 0. The van der Waals surface area contributed by atoms with Crippen molar-refractivity contribution < 1.29 is 9.53 Å². The Bertz CT molecular complexity index is 702. The van der Waals surface area contributed by atoms with E-state index in [1.54, 1.807) is 0 Å². The van der Waals surface area contributed by atoms with Crippen LogP contribution in [0.5, 0.6) is 5.75 Å². The van der Waals surface area contributed by atoms with E-state index in [-0.39, 0.29) is 12.5 Å². The summed E-state index contributed by atoms with van der Waals surface area (Å²) in [6.45, 7) is 8.23. The van der Waals surface area contributed by atoms with Crippen LogP contribution < -0.4 is 4.74 Å². The third-order valence-corrected chi connectivity index (χ3v) is 4.84. The zero-order valence-electron chi connectivity index (χ0n) is 16.7. The van der Waals surface area contributed by atoms with Crippen LogP contribution in [0.1, 0.15) is 72.8 Å². The number of hydrogen-bond donors (Lipinski definition) is 0. The van der Waals surface area contributed by atoms with E-state index in [2.05, 4.69) is 12.0 Å². The van der Waals surface area contributed by atoms with Crippen molar-refractivity contribution in [2.45, 2.75) is 72.6 Å². The number of aromatic nitrogens is 2. The molecule has 0 unspecified atom stereocenters. The second-order valence-electron chi connectivity index (χ2n) is 7.07. The highest BCUT2D eigenvalue weighted by Gasteiger charge is 2.16. The maximum absolute atomic E-state index is 12.5. The van der Waals surface area contributed by atoms with Gasteiger partial charge in [-0.3, -0.25) is 4.79 Å². The quantitative estimate of drug-likeness (QED) is 0.533. The molecule has 0 radical (unpaired) electrons. The zero-order valence-corrected chi connectivity index (χ0v) is 16.7. The summed E-state index contributed by atoms with van der Waals surface area (Å²) in [5.74, 6) is 0.582. The maximum Gasteiger partial charge on any atom is 0.284 e. The van der Waals surface area contributed by atoms with Gasteiger partial charge in [-0.15, -0.1) is 0 Å². The highest BCUT2D eigenvalue weighted by atomic mass is 16.5. The van der Waals surface area contributed by atoms with Gasteiger partial charge in [0.25, 0.3) is 5.91 Å². The molecule has 26 heavy (non-hydrogen) atoms. The van der Waals surface area contributed by atoms with Crippen LogP contribution >= 0.6 is 0 Å². The lowest BCUT2D eigenvalue weighted by molar-refractivity contribution is 0.0818. The van der Waals surface area contributed by atoms with Crippen molar-refractivity contribution in [1.29, 1.82) is 0 Å². The molecular formula is C22H32N2O2. The Morgan fingerprint density at radius 2 is 1.65 bits per heavy atom. The molecular weight excluding hydrogens is 324 g/mol. The first-order chi connectivity index (χ1) is 12.5. The van der Waals surface area contributed by atoms with E-state index in [0.29, 0.717) is 5.75 Å². The molecule has 0 fully saturated rings. The molecule has 2 aromatic rings. The number of unbranched alkanes of at least 4 members (excludes halogenated alkanes) is 5. The van der Waals surface area contributed by atoms with Crippen molar-refractivity contribution >= 4 is 5.91 Å². The van der Waals surface area contributed by atoms with Crippen molar-refractivity contribution in [2.75, 3.05) is 6.61 Å². The maximum atomic E-state index is 12.5. The molecule has 0 aliphatic carbocycles. The van der Waals surface area contributed by atoms with Gasteiger partial charge < -0.3 is 4.74 Å². The number of aryl methyl sites for hydroxylation is 2. The topological polar surface area (TPSA) is 44.1 Å². The van der Waals surface area contributed by atoms with Gasteiger partial charge in [0.15, 0.2) is 6.61 Å². The molecule has 4 heteroatoms. The summed E-state index contributed by atoms with van der Waals surface area (Å²) >= 11 is 0. The lowest BCUT2D eigenvalue weighted by Crippen LogP contribution is -2.21. The Balaban J connectivity index is 1.88. The summed E-state index contributed by atoms with van der Waals surface area (Å²) in [4.78, 5) is 12.5. The largest absolute Gasteiger partial charge is 0.484 e. The van der Waals surface area contributed by atoms with E-state index < -0.39 is 0 Å². The molecule has 0 N–H and O–H groups in total.